The van der Waals surface area contributed by atoms with Crippen LogP contribution in [-0.2, 0) is 4.74 Å². The number of hydrogen-bond acceptors (Lipinski definition) is 7. The van der Waals surface area contributed by atoms with Gasteiger partial charge in [0, 0.05) is 18.8 Å². The molecule has 3 rings (SSSR count). The minimum Gasteiger partial charge on any atom is -0.378 e. The SMILES string of the molecule is Cc1ccc(Nc2ncnc(N3CCOCC3)c2[N+](=O)[O-])cc1C. The standard InChI is InChI=1S/C16H19N5O3/c1-11-3-4-13(9-12(11)2)19-15-14(21(22)23)16(18-10-17-15)20-5-7-24-8-6-20/h3-4,9-10H,5-8H2,1-2H3,(H,17,18,19). The summed E-state index contributed by atoms with van der Waals surface area (Å²) in [5.74, 6) is 0.518. The fourth-order valence-electron chi connectivity index (χ4n) is 2.59. The molecule has 0 atom stereocenters. The van der Waals surface area contributed by atoms with E-state index in [-0.39, 0.29) is 11.5 Å². The van der Waals surface area contributed by atoms with Crippen molar-refractivity contribution in [1.82, 2.24) is 9.97 Å². The molecule has 1 fully saturated rings. The summed E-state index contributed by atoms with van der Waals surface area (Å²) in [7, 11) is 0. The third-order valence-corrected chi connectivity index (χ3v) is 4.07. The summed E-state index contributed by atoms with van der Waals surface area (Å²) in [6, 6.07) is 5.78. The van der Waals surface area contributed by atoms with Crippen LogP contribution in [0.2, 0.25) is 0 Å². The third kappa shape index (κ3) is 3.28. The van der Waals surface area contributed by atoms with Gasteiger partial charge in [0.15, 0.2) is 0 Å². The molecule has 0 spiro atoms. The van der Waals surface area contributed by atoms with Gasteiger partial charge in [-0.05, 0) is 37.1 Å². The zero-order valence-corrected chi connectivity index (χ0v) is 13.7. The number of nitrogens with zero attached hydrogens (tertiary/aromatic N) is 4. The molecule has 2 aromatic rings. The van der Waals surface area contributed by atoms with Crippen LogP contribution < -0.4 is 10.2 Å². The fourth-order valence-corrected chi connectivity index (χ4v) is 2.59. The Morgan fingerprint density at radius 1 is 1.21 bits per heavy atom. The van der Waals surface area contributed by atoms with Gasteiger partial charge >= 0.3 is 5.69 Å². The molecule has 1 aromatic heterocycles. The number of nitrogens with one attached hydrogen (secondary N) is 1. The molecule has 126 valence electrons. The van der Waals surface area contributed by atoms with E-state index in [1.165, 1.54) is 6.33 Å². The Kier molecular flexibility index (Phi) is 4.57. The number of aryl methyl sites for hydroxylation is 2. The van der Waals surface area contributed by atoms with E-state index >= 15 is 0 Å². The van der Waals surface area contributed by atoms with Crippen molar-refractivity contribution < 1.29 is 9.66 Å². The highest BCUT2D eigenvalue weighted by atomic mass is 16.6. The van der Waals surface area contributed by atoms with Gasteiger partial charge in [-0.15, -0.1) is 0 Å². The van der Waals surface area contributed by atoms with Crippen LogP contribution >= 0.6 is 0 Å². The van der Waals surface area contributed by atoms with Crippen LogP contribution in [0.3, 0.4) is 0 Å². The molecular formula is C16H19N5O3. The summed E-state index contributed by atoms with van der Waals surface area (Å²) < 4.78 is 5.30. The van der Waals surface area contributed by atoms with Gasteiger partial charge in [0.1, 0.15) is 6.33 Å². The first-order valence-electron chi connectivity index (χ1n) is 7.72. The van der Waals surface area contributed by atoms with E-state index in [2.05, 4.69) is 15.3 Å². The highest BCUT2D eigenvalue weighted by molar-refractivity contribution is 5.74. The monoisotopic (exact) mass is 329 g/mol. The molecular weight excluding hydrogens is 310 g/mol. The lowest BCUT2D eigenvalue weighted by Crippen LogP contribution is -2.37. The summed E-state index contributed by atoms with van der Waals surface area (Å²) in [5.41, 5.74) is 2.90. The number of hydrogen-bond donors (Lipinski definition) is 1. The second-order valence-electron chi connectivity index (χ2n) is 5.68. The molecule has 1 aliphatic heterocycles. The van der Waals surface area contributed by atoms with Gasteiger partial charge in [0.2, 0.25) is 11.6 Å². The van der Waals surface area contributed by atoms with Crippen molar-refractivity contribution in [3.63, 3.8) is 0 Å². The molecule has 8 nitrogen and oxygen atoms in total. The van der Waals surface area contributed by atoms with Crippen molar-refractivity contribution in [1.29, 1.82) is 0 Å². The maximum absolute atomic E-state index is 11.6. The van der Waals surface area contributed by atoms with Gasteiger partial charge in [-0.1, -0.05) is 6.07 Å². The zero-order chi connectivity index (χ0) is 17.1. The van der Waals surface area contributed by atoms with E-state index in [1.54, 1.807) is 0 Å². The summed E-state index contributed by atoms with van der Waals surface area (Å²) in [4.78, 5) is 21.3. The first kappa shape index (κ1) is 16.1. The molecule has 1 aromatic carbocycles. The van der Waals surface area contributed by atoms with E-state index < -0.39 is 4.92 Å². The zero-order valence-electron chi connectivity index (χ0n) is 13.7. The highest BCUT2D eigenvalue weighted by Crippen LogP contribution is 2.34. The van der Waals surface area contributed by atoms with Gasteiger partial charge in [-0.25, -0.2) is 9.97 Å². The van der Waals surface area contributed by atoms with Crippen LogP contribution in [-0.4, -0.2) is 41.2 Å². The molecule has 0 amide bonds. The minimum atomic E-state index is -0.436. The van der Waals surface area contributed by atoms with Gasteiger partial charge in [0.05, 0.1) is 18.1 Å². The molecule has 1 aliphatic rings. The van der Waals surface area contributed by atoms with E-state index in [1.807, 2.05) is 36.9 Å². The molecule has 1 saturated heterocycles. The summed E-state index contributed by atoms with van der Waals surface area (Å²) in [5, 5.41) is 14.7. The largest absolute Gasteiger partial charge is 0.378 e. The summed E-state index contributed by atoms with van der Waals surface area (Å²) in [6.45, 7) is 6.21. The van der Waals surface area contributed by atoms with Crippen molar-refractivity contribution >= 4 is 23.0 Å². The average molecular weight is 329 g/mol. The van der Waals surface area contributed by atoms with Crippen LogP contribution in [0.5, 0.6) is 0 Å². The van der Waals surface area contributed by atoms with Crippen molar-refractivity contribution in [3.05, 3.63) is 45.8 Å². The molecule has 0 radical (unpaired) electrons. The molecule has 24 heavy (non-hydrogen) atoms. The lowest BCUT2D eigenvalue weighted by atomic mass is 10.1. The predicted molar refractivity (Wildman–Crippen MR) is 90.9 cm³/mol. The quantitative estimate of drug-likeness (QED) is 0.680. The smallest absolute Gasteiger partial charge is 0.353 e. The number of morpholine rings is 1. The van der Waals surface area contributed by atoms with Gasteiger partial charge in [-0.2, -0.15) is 0 Å². The molecule has 0 saturated carbocycles. The van der Waals surface area contributed by atoms with Crippen molar-refractivity contribution in [2.24, 2.45) is 0 Å². The number of nitro groups is 1. The van der Waals surface area contributed by atoms with Gasteiger partial charge in [-0.3, -0.25) is 10.1 Å². The molecule has 1 N–H and O–H groups in total. The number of benzene rings is 1. The average Bonchev–Trinajstić information content (AvgIpc) is 2.58. The second-order valence-corrected chi connectivity index (χ2v) is 5.68. The number of rotatable bonds is 4. The lowest BCUT2D eigenvalue weighted by Gasteiger charge is -2.27. The number of anilines is 3. The normalized spacial score (nSPS) is 14.5. The first-order valence-corrected chi connectivity index (χ1v) is 7.72. The molecule has 0 unspecified atom stereocenters. The predicted octanol–water partition coefficient (Wildman–Crippen LogP) is 2.58. The Balaban J connectivity index is 1.97. The Labute approximate surface area is 139 Å². The Hall–Kier alpha value is -2.74. The topological polar surface area (TPSA) is 93.4 Å². The maximum atomic E-state index is 11.6. The molecule has 0 bridgehead atoms. The molecule has 0 aliphatic carbocycles. The Morgan fingerprint density at radius 2 is 1.96 bits per heavy atom. The van der Waals surface area contributed by atoms with Crippen molar-refractivity contribution in [2.45, 2.75) is 13.8 Å². The van der Waals surface area contributed by atoms with Crippen molar-refractivity contribution in [2.75, 3.05) is 36.5 Å². The van der Waals surface area contributed by atoms with Gasteiger partial charge < -0.3 is 15.0 Å². The first-order chi connectivity index (χ1) is 11.6. The fraction of sp³-hybridized carbons (Fsp3) is 0.375. The summed E-state index contributed by atoms with van der Waals surface area (Å²) in [6.07, 6.45) is 1.35. The van der Waals surface area contributed by atoms with Crippen LogP contribution in [0, 0.1) is 24.0 Å². The number of aromatic nitrogens is 2. The van der Waals surface area contributed by atoms with Crippen LogP contribution in [0.25, 0.3) is 0 Å². The molecule has 8 heteroatoms. The molecule has 2 heterocycles. The summed E-state index contributed by atoms with van der Waals surface area (Å²) >= 11 is 0. The Morgan fingerprint density at radius 3 is 2.62 bits per heavy atom. The van der Waals surface area contributed by atoms with Gasteiger partial charge in [0.25, 0.3) is 0 Å². The third-order valence-electron chi connectivity index (χ3n) is 4.07. The van der Waals surface area contributed by atoms with Crippen molar-refractivity contribution in [3.8, 4) is 0 Å². The highest BCUT2D eigenvalue weighted by Gasteiger charge is 2.28. The maximum Gasteiger partial charge on any atom is 0.353 e. The van der Waals surface area contributed by atoms with E-state index in [4.69, 9.17) is 4.74 Å². The van der Waals surface area contributed by atoms with Crippen LogP contribution in [0.15, 0.2) is 24.5 Å². The van der Waals surface area contributed by atoms with E-state index in [0.29, 0.717) is 32.1 Å². The Bertz CT molecular complexity index is 759. The second kappa shape index (κ2) is 6.79. The minimum absolute atomic E-state index is 0.113. The number of ether oxygens (including phenoxy) is 1. The van der Waals surface area contributed by atoms with E-state index in [0.717, 1.165) is 16.8 Å². The lowest BCUT2D eigenvalue weighted by molar-refractivity contribution is -0.383. The van der Waals surface area contributed by atoms with Crippen LogP contribution in [0.1, 0.15) is 11.1 Å². The van der Waals surface area contributed by atoms with Crippen LogP contribution in [0.4, 0.5) is 23.0 Å². The van der Waals surface area contributed by atoms with E-state index in [9.17, 15) is 10.1 Å².